The Morgan fingerprint density at radius 3 is 2.89 bits per heavy atom. The van der Waals surface area contributed by atoms with Gasteiger partial charge in [0, 0.05) is 32.0 Å². The fourth-order valence-corrected chi connectivity index (χ4v) is 1.92. The number of pyridine rings is 1. The molecule has 0 aromatic carbocycles. The summed E-state index contributed by atoms with van der Waals surface area (Å²) in [5.41, 5.74) is 3.56. The van der Waals surface area contributed by atoms with Crippen LogP contribution in [0.5, 0.6) is 0 Å². The lowest BCUT2D eigenvalue weighted by Gasteiger charge is -2.13. The van der Waals surface area contributed by atoms with Crippen molar-refractivity contribution in [3.63, 3.8) is 0 Å². The van der Waals surface area contributed by atoms with Crippen LogP contribution in [0.4, 0.5) is 0 Å². The van der Waals surface area contributed by atoms with Crippen molar-refractivity contribution >= 4 is 0 Å². The molecule has 2 heterocycles. The Hall–Kier alpha value is -1.68. The number of hydrogen-bond donors (Lipinski definition) is 1. The first-order chi connectivity index (χ1) is 8.70. The van der Waals surface area contributed by atoms with Gasteiger partial charge in [0.1, 0.15) is 0 Å². The van der Waals surface area contributed by atoms with E-state index < -0.39 is 0 Å². The maximum atomic E-state index is 4.44. The molecule has 0 fully saturated rings. The van der Waals surface area contributed by atoms with Crippen LogP contribution in [0.2, 0.25) is 0 Å². The molecule has 0 saturated carbocycles. The average Bonchev–Trinajstić information content (AvgIpc) is 2.77. The molecule has 0 aliphatic rings. The normalized spacial score (nSPS) is 12.6. The van der Waals surface area contributed by atoms with Crippen molar-refractivity contribution in [2.24, 2.45) is 7.05 Å². The van der Waals surface area contributed by atoms with Crippen LogP contribution in [0, 0.1) is 0 Å². The lowest BCUT2D eigenvalue weighted by atomic mass is 10.1. The highest BCUT2D eigenvalue weighted by Crippen LogP contribution is 2.11. The van der Waals surface area contributed by atoms with Crippen LogP contribution < -0.4 is 5.32 Å². The zero-order chi connectivity index (χ0) is 13.0. The van der Waals surface area contributed by atoms with Gasteiger partial charge in [-0.1, -0.05) is 13.0 Å². The first-order valence-electron chi connectivity index (χ1n) is 6.35. The second-order valence-electron chi connectivity index (χ2n) is 4.49. The van der Waals surface area contributed by atoms with Gasteiger partial charge in [-0.15, -0.1) is 0 Å². The lowest BCUT2D eigenvalue weighted by Crippen LogP contribution is -2.19. The minimum Gasteiger partial charge on any atom is -0.305 e. The largest absolute Gasteiger partial charge is 0.305 e. The Kier molecular flexibility index (Phi) is 4.10. The van der Waals surface area contributed by atoms with Gasteiger partial charge >= 0.3 is 0 Å². The van der Waals surface area contributed by atoms with Gasteiger partial charge in [0.05, 0.1) is 11.4 Å². The predicted molar refractivity (Wildman–Crippen MR) is 72.1 cm³/mol. The minimum atomic E-state index is 0.290. The number of rotatable bonds is 5. The number of aromatic nitrogens is 3. The van der Waals surface area contributed by atoms with E-state index in [4.69, 9.17) is 0 Å². The minimum absolute atomic E-state index is 0.290. The number of hydrogen-bond acceptors (Lipinski definition) is 3. The maximum absolute atomic E-state index is 4.44. The molecule has 1 atom stereocenters. The molecule has 96 valence electrons. The Balaban J connectivity index is 1.97. The highest BCUT2D eigenvalue weighted by atomic mass is 15.3. The molecule has 4 nitrogen and oxygen atoms in total. The van der Waals surface area contributed by atoms with E-state index in [-0.39, 0.29) is 0 Å². The van der Waals surface area contributed by atoms with Gasteiger partial charge < -0.3 is 5.32 Å². The van der Waals surface area contributed by atoms with Crippen LogP contribution >= 0.6 is 0 Å². The molecular weight excluding hydrogens is 224 g/mol. The zero-order valence-corrected chi connectivity index (χ0v) is 11.2. The molecule has 0 spiro atoms. The van der Waals surface area contributed by atoms with Crippen molar-refractivity contribution in [2.75, 3.05) is 0 Å². The van der Waals surface area contributed by atoms with Crippen LogP contribution in [-0.4, -0.2) is 14.8 Å². The molecule has 4 heteroatoms. The fraction of sp³-hybridized carbons (Fsp3) is 0.429. The molecule has 0 aliphatic heterocycles. The van der Waals surface area contributed by atoms with Gasteiger partial charge in [-0.05, 0) is 31.0 Å². The molecular formula is C14H20N4. The molecule has 0 unspecified atom stereocenters. The second kappa shape index (κ2) is 5.78. The highest BCUT2D eigenvalue weighted by Gasteiger charge is 2.07. The Morgan fingerprint density at radius 1 is 1.44 bits per heavy atom. The summed E-state index contributed by atoms with van der Waals surface area (Å²) in [7, 11) is 1.99. The van der Waals surface area contributed by atoms with Crippen molar-refractivity contribution in [1.82, 2.24) is 20.1 Å². The van der Waals surface area contributed by atoms with Gasteiger partial charge in [0.15, 0.2) is 0 Å². The third-order valence-corrected chi connectivity index (χ3v) is 3.16. The van der Waals surface area contributed by atoms with Crippen LogP contribution in [0.15, 0.2) is 30.6 Å². The summed E-state index contributed by atoms with van der Waals surface area (Å²) < 4.78 is 1.95. The average molecular weight is 244 g/mol. The number of nitrogens with zero attached hydrogens (tertiary/aromatic N) is 3. The summed E-state index contributed by atoms with van der Waals surface area (Å²) in [4.78, 5) is 4.14. The van der Waals surface area contributed by atoms with E-state index in [1.54, 1.807) is 6.20 Å². The van der Waals surface area contributed by atoms with E-state index in [1.165, 1.54) is 11.3 Å². The smallest absolute Gasteiger partial charge is 0.0625 e. The summed E-state index contributed by atoms with van der Waals surface area (Å²) in [5, 5.41) is 7.94. The Bertz CT molecular complexity index is 490. The van der Waals surface area contributed by atoms with Gasteiger partial charge in [-0.25, -0.2) is 0 Å². The summed E-state index contributed by atoms with van der Waals surface area (Å²) in [5.74, 6) is 0. The van der Waals surface area contributed by atoms with E-state index >= 15 is 0 Å². The summed E-state index contributed by atoms with van der Waals surface area (Å²) in [6.45, 7) is 5.09. The quantitative estimate of drug-likeness (QED) is 0.877. The summed E-state index contributed by atoms with van der Waals surface area (Å²) >= 11 is 0. The molecule has 0 bridgehead atoms. The van der Waals surface area contributed by atoms with Gasteiger partial charge in [-0.2, -0.15) is 5.10 Å². The maximum Gasteiger partial charge on any atom is 0.0625 e. The third kappa shape index (κ3) is 2.96. The second-order valence-corrected chi connectivity index (χ2v) is 4.49. The molecule has 0 saturated heterocycles. The van der Waals surface area contributed by atoms with E-state index in [9.17, 15) is 0 Å². The Labute approximate surface area is 108 Å². The molecule has 2 rings (SSSR count). The molecule has 0 radical (unpaired) electrons. The van der Waals surface area contributed by atoms with E-state index in [0.29, 0.717) is 6.04 Å². The molecule has 2 aromatic heterocycles. The summed E-state index contributed by atoms with van der Waals surface area (Å²) in [6, 6.07) is 6.50. The molecule has 1 N–H and O–H groups in total. The molecule has 18 heavy (non-hydrogen) atoms. The van der Waals surface area contributed by atoms with Crippen LogP contribution in [0.3, 0.4) is 0 Å². The first-order valence-corrected chi connectivity index (χ1v) is 6.35. The number of nitrogens with one attached hydrogen (secondary N) is 1. The van der Waals surface area contributed by atoms with Gasteiger partial charge in [0.25, 0.3) is 0 Å². The van der Waals surface area contributed by atoms with Crippen molar-refractivity contribution in [3.8, 4) is 0 Å². The van der Waals surface area contributed by atoms with E-state index in [0.717, 1.165) is 18.7 Å². The van der Waals surface area contributed by atoms with Crippen LogP contribution in [-0.2, 0) is 20.0 Å². The highest BCUT2D eigenvalue weighted by molar-refractivity contribution is 5.14. The monoisotopic (exact) mass is 244 g/mol. The number of aryl methyl sites for hydroxylation is 2. The van der Waals surface area contributed by atoms with E-state index in [2.05, 4.69) is 41.4 Å². The Morgan fingerprint density at radius 2 is 2.28 bits per heavy atom. The third-order valence-electron chi connectivity index (χ3n) is 3.16. The van der Waals surface area contributed by atoms with Gasteiger partial charge in [-0.3, -0.25) is 9.67 Å². The lowest BCUT2D eigenvalue weighted by molar-refractivity contribution is 0.546. The van der Waals surface area contributed by atoms with Crippen molar-refractivity contribution < 1.29 is 0 Å². The standard InChI is InChI=1S/C14H20N4/c1-4-13-8-14(18(3)17-13)10-16-11(2)12-6-5-7-15-9-12/h5-9,11,16H,4,10H2,1-3H3/t11-/m0/s1. The SMILES string of the molecule is CCc1cc(CN[C@@H](C)c2cccnc2)n(C)n1. The molecule has 0 aliphatic carbocycles. The first kappa shape index (κ1) is 12.8. The van der Waals surface area contributed by atoms with Crippen molar-refractivity contribution in [2.45, 2.75) is 32.9 Å². The van der Waals surface area contributed by atoms with Gasteiger partial charge in [0.2, 0.25) is 0 Å². The summed E-state index contributed by atoms with van der Waals surface area (Å²) in [6.07, 6.45) is 4.68. The topological polar surface area (TPSA) is 42.7 Å². The predicted octanol–water partition coefficient (Wildman–Crippen LogP) is 2.23. The molecule has 0 amide bonds. The zero-order valence-electron chi connectivity index (χ0n) is 11.2. The van der Waals surface area contributed by atoms with Crippen molar-refractivity contribution in [1.29, 1.82) is 0 Å². The van der Waals surface area contributed by atoms with Crippen LogP contribution in [0.1, 0.15) is 36.8 Å². The molecule has 2 aromatic rings. The fourth-order valence-electron chi connectivity index (χ4n) is 1.92. The van der Waals surface area contributed by atoms with Crippen molar-refractivity contribution in [3.05, 3.63) is 47.5 Å². The van der Waals surface area contributed by atoms with Crippen LogP contribution in [0.25, 0.3) is 0 Å². The van der Waals surface area contributed by atoms with E-state index in [1.807, 2.05) is 24.0 Å².